The van der Waals surface area contributed by atoms with Crippen LogP contribution >= 0.6 is 31.9 Å². The molecule has 0 bridgehead atoms. The van der Waals surface area contributed by atoms with Crippen molar-refractivity contribution in [2.75, 3.05) is 13.7 Å². The van der Waals surface area contributed by atoms with Crippen molar-refractivity contribution < 1.29 is 9.53 Å². The average molecular weight is 383 g/mol. The van der Waals surface area contributed by atoms with Gasteiger partial charge in [0.15, 0.2) is 0 Å². The van der Waals surface area contributed by atoms with Crippen LogP contribution in [0.4, 0.5) is 0 Å². The Morgan fingerprint density at radius 3 is 2.83 bits per heavy atom. The summed E-state index contributed by atoms with van der Waals surface area (Å²) in [5, 5.41) is 7.61. The van der Waals surface area contributed by atoms with Gasteiger partial charge in [0, 0.05) is 19.6 Å². The van der Waals surface area contributed by atoms with E-state index in [-0.39, 0.29) is 10.8 Å². The third kappa shape index (κ3) is 3.80. The lowest BCUT2D eigenvalue weighted by molar-refractivity contribution is -0.139. The molecule has 0 radical (unpaired) electrons. The number of rotatable bonds is 6. The lowest BCUT2D eigenvalue weighted by atomic mass is 10.3. The Hall–Kier alpha value is -0.400. The number of nitrogens with zero attached hydrogens (tertiary/aromatic N) is 2. The van der Waals surface area contributed by atoms with Crippen LogP contribution in [-0.2, 0) is 22.6 Å². The number of carbonyl (C=O) groups excluding carboxylic acids is 1. The van der Waals surface area contributed by atoms with Crippen molar-refractivity contribution in [1.29, 1.82) is 0 Å². The molecule has 0 aliphatic rings. The van der Waals surface area contributed by atoms with Crippen LogP contribution in [0.25, 0.3) is 0 Å². The van der Waals surface area contributed by atoms with Gasteiger partial charge in [-0.3, -0.25) is 9.48 Å². The van der Waals surface area contributed by atoms with E-state index in [9.17, 15) is 4.79 Å². The molecule has 1 N–H and O–H groups in total. The van der Waals surface area contributed by atoms with Gasteiger partial charge < -0.3 is 10.1 Å². The maximum absolute atomic E-state index is 11.2. The van der Waals surface area contributed by atoms with Gasteiger partial charge in [-0.25, -0.2) is 0 Å². The summed E-state index contributed by atoms with van der Waals surface area (Å²) in [4.78, 5) is 10.9. The van der Waals surface area contributed by atoms with Crippen molar-refractivity contribution in [1.82, 2.24) is 15.1 Å². The molecule has 5 nitrogen and oxygen atoms in total. The summed E-state index contributed by atoms with van der Waals surface area (Å²) in [5.41, 5.74) is 2.05. The van der Waals surface area contributed by atoms with Crippen molar-refractivity contribution in [3.8, 4) is 0 Å². The molecule has 1 heterocycles. The molecule has 0 saturated heterocycles. The number of esters is 1. The quantitative estimate of drug-likeness (QED) is 0.603. The average Bonchev–Trinajstić information content (AvgIpc) is 2.65. The normalized spacial score (nSPS) is 12.5. The highest BCUT2D eigenvalue weighted by Crippen LogP contribution is 2.20. The van der Waals surface area contributed by atoms with Crippen LogP contribution in [-0.4, -0.2) is 34.2 Å². The fourth-order valence-corrected chi connectivity index (χ4v) is 2.41. The topological polar surface area (TPSA) is 56.2 Å². The molecule has 0 amide bonds. The minimum Gasteiger partial charge on any atom is -0.468 e. The first-order valence-electron chi connectivity index (χ1n) is 5.65. The molecular weight excluding hydrogens is 366 g/mol. The fraction of sp³-hybridized carbons (Fsp3) is 0.636. The third-order valence-electron chi connectivity index (χ3n) is 2.53. The molecule has 7 heteroatoms. The SMILES string of the molecule is CCn1nc(C)c(Br)c1CNCC(Br)C(=O)OC. The maximum Gasteiger partial charge on any atom is 0.320 e. The van der Waals surface area contributed by atoms with Gasteiger partial charge in [0.2, 0.25) is 0 Å². The minimum absolute atomic E-state index is 0.276. The zero-order chi connectivity index (χ0) is 13.7. The van der Waals surface area contributed by atoms with Gasteiger partial charge in [0.1, 0.15) is 4.83 Å². The van der Waals surface area contributed by atoms with E-state index in [0.717, 1.165) is 22.4 Å². The molecule has 1 atom stereocenters. The van der Waals surface area contributed by atoms with Crippen LogP contribution in [0.1, 0.15) is 18.3 Å². The van der Waals surface area contributed by atoms with Crippen molar-refractivity contribution >= 4 is 37.8 Å². The molecule has 0 fully saturated rings. The number of alkyl halides is 1. The monoisotopic (exact) mass is 381 g/mol. The van der Waals surface area contributed by atoms with Crippen LogP contribution < -0.4 is 5.32 Å². The largest absolute Gasteiger partial charge is 0.468 e. The van der Waals surface area contributed by atoms with E-state index >= 15 is 0 Å². The van der Waals surface area contributed by atoms with Crippen molar-refractivity contribution in [2.45, 2.75) is 31.8 Å². The Morgan fingerprint density at radius 2 is 2.28 bits per heavy atom. The highest BCUT2D eigenvalue weighted by molar-refractivity contribution is 9.10. The Balaban J connectivity index is 2.56. The number of aromatic nitrogens is 2. The Morgan fingerprint density at radius 1 is 1.61 bits per heavy atom. The zero-order valence-electron chi connectivity index (χ0n) is 10.7. The lowest BCUT2D eigenvalue weighted by Crippen LogP contribution is -2.30. The van der Waals surface area contributed by atoms with Crippen LogP contribution in [0.15, 0.2) is 4.47 Å². The van der Waals surface area contributed by atoms with Gasteiger partial charge in [0.25, 0.3) is 0 Å². The summed E-state index contributed by atoms with van der Waals surface area (Å²) < 4.78 is 7.59. The van der Waals surface area contributed by atoms with Crippen LogP contribution in [0.5, 0.6) is 0 Å². The van der Waals surface area contributed by atoms with E-state index < -0.39 is 0 Å². The van der Waals surface area contributed by atoms with Crippen molar-refractivity contribution in [3.05, 3.63) is 15.9 Å². The van der Waals surface area contributed by atoms with Crippen LogP contribution in [0.2, 0.25) is 0 Å². The molecule has 18 heavy (non-hydrogen) atoms. The Kier molecular flexibility index (Phi) is 6.31. The standard InChI is InChI=1S/C11H17Br2N3O2/c1-4-16-9(10(13)7(2)15-16)6-14-5-8(12)11(17)18-3/h8,14H,4-6H2,1-3H3. The van der Waals surface area contributed by atoms with E-state index in [0.29, 0.717) is 13.1 Å². The van der Waals surface area contributed by atoms with E-state index in [4.69, 9.17) is 0 Å². The molecule has 0 saturated carbocycles. The third-order valence-corrected chi connectivity index (χ3v) is 4.25. The first-order valence-corrected chi connectivity index (χ1v) is 7.36. The molecular formula is C11H17Br2N3O2. The van der Waals surface area contributed by atoms with Crippen LogP contribution in [0.3, 0.4) is 0 Å². The van der Waals surface area contributed by atoms with Crippen LogP contribution in [0, 0.1) is 6.92 Å². The molecule has 0 aliphatic carbocycles. The maximum atomic E-state index is 11.2. The van der Waals surface area contributed by atoms with Gasteiger partial charge >= 0.3 is 5.97 Å². The Labute approximate surface area is 124 Å². The van der Waals surface area contributed by atoms with Crippen molar-refractivity contribution in [2.24, 2.45) is 0 Å². The van der Waals surface area contributed by atoms with E-state index in [2.05, 4.69) is 47.0 Å². The summed E-state index contributed by atoms with van der Waals surface area (Å²) in [6, 6.07) is 0. The number of hydrogen-bond acceptors (Lipinski definition) is 4. The summed E-state index contributed by atoms with van der Waals surface area (Å²) in [5.74, 6) is -0.276. The second-order valence-corrected chi connectivity index (χ2v) is 5.68. The van der Waals surface area contributed by atoms with Gasteiger partial charge in [0.05, 0.1) is 23.0 Å². The molecule has 102 valence electrons. The number of aryl methyl sites for hydroxylation is 2. The zero-order valence-corrected chi connectivity index (χ0v) is 13.8. The molecule has 0 spiro atoms. The minimum atomic E-state index is -0.333. The van der Waals surface area contributed by atoms with Gasteiger partial charge in [-0.1, -0.05) is 15.9 Å². The number of ether oxygens (including phenoxy) is 1. The highest BCUT2D eigenvalue weighted by atomic mass is 79.9. The summed E-state index contributed by atoms with van der Waals surface area (Å²) >= 11 is 6.79. The Bertz CT molecular complexity index is 421. The number of halogens is 2. The fourth-order valence-electron chi connectivity index (χ4n) is 1.57. The van der Waals surface area contributed by atoms with E-state index in [1.165, 1.54) is 7.11 Å². The molecule has 1 rings (SSSR count). The molecule has 1 unspecified atom stereocenters. The summed E-state index contributed by atoms with van der Waals surface area (Å²) in [6.45, 7) is 5.98. The van der Waals surface area contributed by atoms with Gasteiger partial charge in [-0.05, 0) is 29.8 Å². The van der Waals surface area contributed by atoms with Crippen molar-refractivity contribution in [3.63, 3.8) is 0 Å². The summed E-state index contributed by atoms with van der Waals surface area (Å²) in [6.07, 6.45) is 0. The van der Waals surface area contributed by atoms with E-state index in [1.54, 1.807) is 0 Å². The smallest absolute Gasteiger partial charge is 0.320 e. The molecule has 0 aliphatic heterocycles. The predicted octanol–water partition coefficient (Wildman–Crippen LogP) is 2.00. The molecule has 1 aromatic heterocycles. The second kappa shape index (κ2) is 7.25. The number of hydrogen-bond donors (Lipinski definition) is 1. The molecule has 0 aromatic carbocycles. The lowest BCUT2D eigenvalue weighted by Gasteiger charge is -2.10. The summed E-state index contributed by atoms with van der Waals surface area (Å²) in [7, 11) is 1.38. The highest BCUT2D eigenvalue weighted by Gasteiger charge is 2.16. The van der Waals surface area contributed by atoms with E-state index in [1.807, 2.05) is 18.5 Å². The predicted molar refractivity (Wildman–Crippen MR) is 76.8 cm³/mol. The number of carbonyl (C=O) groups is 1. The molecule has 1 aromatic rings. The van der Waals surface area contributed by atoms with Gasteiger partial charge in [-0.15, -0.1) is 0 Å². The first-order chi connectivity index (χ1) is 8.51. The first kappa shape index (κ1) is 15.7. The van der Waals surface area contributed by atoms with Gasteiger partial charge in [-0.2, -0.15) is 5.10 Å². The number of methoxy groups -OCH3 is 1. The number of nitrogens with one attached hydrogen (secondary N) is 1. The second-order valence-electron chi connectivity index (χ2n) is 3.78.